The number of aromatic amines is 4. The normalized spacial score (nSPS) is 10.6. The van der Waals surface area contributed by atoms with Crippen LogP contribution in [0.3, 0.4) is 0 Å². The number of tetrazole rings is 1. The van der Waals surface area contributed by atoms with Gasteiger partial charge in [-0.05, 0) is 18.4 Å². The van der Waals surface area contributed by atoms with E-state index >= 15 is 0 Å². The van der Waals surface area contributed by atoms with E-state index in [0.717, 1.165) is 34.5 Å². The number of aromatic nitrogens is 8. The molecule has 8 N–H and O–H groups in total. The predicted molar refractivity (Wildman–Crippen MR) is 292 cm³/mol. The van der Waals surface area contributed by atoms with Gasteiger partial charge in [0.25, 0.3) is 16.7 Å². The first-order valence-electron chi connectivity index (χ1n) is 22.2. The summed E-state index contributed by atoms with van der Waals surface area (Å²) >= 11 is 2.53. The van der Waals surface area contributed by atoms with Gasteiger partial charge in [0.1, 0.15) is 23.6 Å². The van der Waals surface area contributed by atoms with Gasteiger partial charge in [-0.25, -0.2) is 5.48 Å². The van der Waals surface area contributed by atoms with Crippen LogP contribution in [0.2, 0.25) is 0 Å². The number of carbonyl (C=O) groups is 2. The van der Waals surface area contributed by atoms with Gasteiger partial charge in [0.2, 0.25) is 23.1 Å². The molecule has 0 saturated carbocycles. The fourth-order valence-electron chi connectivity index (χ4n) is 4.09. The SMILES string of the molecule is C.C.C.C=C1N=C(C(C)C)NO1.CC(C)c1cc(=O)[nH]o1.CC(C)c1cc(=O)[nH]s1.CC(C)c1cocc(O)c1=O.CC(C)c1nn[nH]n1.CC(C)c1ns[nH]c1=O.CNC(=O)C(C)C.CNC(=O)C(C)C. The molecule has 5 aromatic heterocycles. The minimum atomic E-state index is -0.341. The van der Waals surface area contributed by atoms with E-state index in [-0.39, 0.29) is 91.5 Å². The fraction of sp³-hybridized carbons (Fsp3) is 0.604. The number of nitrogens with one attached hydrogen (secondary N) is 7. The molecule has 0 bridgehead atoms. The molecule has 72 heavy (non-hydrogen) atoms. The average Bonchev–Trinajstić information content (AvgIpc) is 4.15. The van der Waals surface area contributed by atoms with Crippen molar-refractivity contribution in [1.82, 2.24) is 55.0 Å². The number of nitrogens with zero attached hydrogens (tertiary/aromatic N) is 5. The number of hydroxylamine groups is 1. The van der Waals surface area contributed by atoms with Crippen molar-refractivity contribution < 1.29 is 28.5 Å². The number of aromatic hydroxyl groups is 1. The Labute approximate surface area is 434 Å². The predicted octanol–water partition coefficient (Wildman–Crippen LogP) is 9.13. The lowest BCUT2D eigenvalue weighted by molar-refractivity contribution is -0.124. The van der Waals surface area contributed by atoms with Gasteiger partial charge in [-0.15, -0.1) is 10.2 Å². The third-order valence-electron chi connectivity index (χ3n) is 8.26. The highest BCUT2D eigenvalue weighted by Crippen LogP contribution is 2.15. The summed E-state index contributed by atoms with van der Waals surface area (Å²) in [6.07, 6.45) is 2.40. The van der Waals surface area contributed by atoms with Crippen molar-refractivity contribution in [3.63, 3.8) is 0 Å². The molecule has 1 aliphatic heterocycles. The Morgan fingerprint density at radius 2 is 1.26 bits per heavy atom. The Balaban J connectivity index is -0.000000237. The minimum Gasteiger partial charge on any atom is -0.502 e. The smallest absolute Gasteiger partial charge is 0.281 e. The van der Waals surface area contributed by atoms with E-state index < -0.39 is 0 Å². The summed E-state index contributed by atoms with van der Waals surface area (Å²) in [5.74, 6) is 4.68. The molecular weight excluding hydrogens is 969 g/mol. The first kappa shape index (κ1) is 74.5. The van der Waals surface area contributed by atoms with Crippen molar-refractivity contribution in [2.45, 2.75) is 163 Å². The first-order valence-corrected chi connectivity index (χ1v) is 23.8. The standard InChI is InChI=1S/C8H10O3.C6H10N2O.C6H9NO2.C6H9NOS.C5H8N2OS.2C5H11NO.C4H8N4.3CH4/c1-5(2)6-3-11-4-7(9)8(6)10;1-4(2)6-7-5(3)9-8-6;2*1-4(2)5-3-6(8)7-9-5;1-3(2)4-5(8)7-9-6-4;2*1-4(2)5(7)6-3;1-3(2)4-5-7-8-6-4;;;/h3-5,9H,1-2H3;4H,3H2,1-2H3,(H,7,8);2*3-4H,1-2H3,(H,7,8);3H,1-2H3,(H,7,8);2*4H,1-3H3,(H,6,7);3H,1-2H3,(H,5,6,7,8);3*1H4. The molecule has 412 valence electrons. The van der Waals surface area contributed by atoms with Crippen LogP contribution in [-0.4, -0.2) is 75.8 Å². The zero-order chi connectivity index (χ0) is 53.6. The molecule has 0 aromatic carbocycles. The summed E-state index contributed by atoms with van der Waals surface area (Å²) < 4.78 is 18.6. The van der Waals surface area contributed by atoms with E-state index in [1.807, 2.05) is 96.9 Å². The summed E-state index contributed by atoms with van der Waals surface area (Å²) in [5.41, 5.74) is 3.26. The van der Waals surface area contributed by atoms with Gasteiger partial charge >= 0.3 is 0 Å². The Hall–Kier alpha value is -6.43. The second-order valence-electron chi connectivity index (χ2n) is 17.1. The van der Waals surface area contributed by atoms with Crippen LogP contribution in [0.25, 0.3) is 0 Å². The fourth-order valence-corrected chi connectivity index (χ4v) is 5.40. The van der Waals surface area contributed by atoms with E-state index in [4.69, 9.17) is 18.9 Å². The number of rotatable bonds is 8. The maximum Gasteiger partial charge on any atom is 0.281 e. The third kappa shape index (κ3) is 32.5. The maximum atomic E-state index is 11.1. The summed E-state index contributed by atoms with van der Waals surface area (Å²) in [4.78, 5) is 73.5. The Morgan fingerprint density at radius 3 is 1.47 bits per heavy atom. The van der Waals surface area contributed by atoms with Crippen molar-refractivity contribution in [3.8, 4) is 5.75 Å². The summed E-state index contributed by atoms with van der Waals surface area (Å²) in [5, 5.41) is 29.5. The van der Waals surface area contributed by atoms with Gasteiger partial charge in [0, 0.05) is 83.9 Å². The van der Waals surface area contributed by atoms with E-state index in [9.17, 15) is 28.8 Å². The number of hydrogen-bond acceptors (Lipinski definition) is 18. The van der Waals surface area contributed by atoms with Crippen LogP contribution < -0.4 is 38.2 Å². The molecule has 6 rings (SSSR count). The molecule has 22 nitrogen and oxygen atoms in total. The van der Waals surface area contributed by atoms with E-state index in [0.29, 0.717) is 40.7 Å². The summed E-state index contributed by atoms with van der Waals surface area (Å²) in [7, 11) is 3.28. The number of amidine groups is 1. The van der Waals surface area contributed by atoms with Crippen LogP contribution in [0, 0.1) is 17.8 Å². The molecule has 24 heteroatoms. The quantitative estimate of drug-likeness (QED) is 0.0718. The van der Waals surface area contributed by atoms with Gasteiger partial charge in [0.15, 0.2) is 11.6 Å². The van der Waals surface area contributed by atoms with Crippen LogP contribution in [-0.2, 0) is 14.4 Å². The summed E-state index contributed by atoms with van der Waals surface area (Å²) in [6.45, 7) is 34.8. The maximum absolute atomic E-state index is 11.1. The Kier molecular flexibility index (Phi) is 41.6. The van der Waals surface area contributed by atoms with Gasteiger partial charge in [-0.1, -0.05) is 150 Å². The van der Waals surface area contributed by atoms with Gasteiger partial charge in [0.05, 0.1) is 6.26 Å². The van der Waals surface area contributed by atoms with Gasteiger partial charge in [-0.2, -0.15) is 19.7 Å². The zero-order valence-electron chi connectivity index (χ0n) is 43.3. The highest BCUT2D eigenvalue weighted by Gasteiger charge is 2.12. The summed E-state index contributed by atoms with van der Waals surface area (Å²) in [6, 6.07) is 3.11. The second-order valence-corrected chi connectivity index (χ2v) is 18.6. The molecule has 0 aliphatic carbocycles. The topological polar surface area (TPSA) is 321 Å². The molecule has 1 aliphatic rings. The van der Waals surface area contributed by atoms with E-state index in [1.54, 1.807) is 20.2 Å². The third-order valence-corrected chi connectivity index (χ3v) is 9.96. The number of carbonyl (C=O) groups excluding carboxylic acids is 2. The van der Waals surface area contributed by atoms with Crippen molar-refractivity contribution in [2.24, 2.45) is 22.7 Å². The van der Waals surface area contributed by atoms with E-state index in [2.05, 4.69) is 80.4 Å². The number of aliphatic imine (C=N–C) groups is 1. The lowest BCUT2D eigenvalue weighted by atomic mass is 10.1. The van der Waals surface area contributed by atoms with Crippen molar-refractivity contribution in [3.05, 3.63) is 106 Å². The van der Waals surface area contributed by atoms with E-state index in [1.165, 1.54) is 23.9 Å². The molecule has 5 aromatic rings. The van der Waals surface area contributed by atoms with Crippen LogP contribution in [0.1, 0.15) is 190 Å². The molecule has 0 atom stereocenters. The molecule has 0 spiro atoms. The molecule has 0 fully saturated rings. The first-order chi connectivity index (χ1) is 32.1. The average molecular weight is 1060 g/mol. The van der Waals surface area contributed by atoms with Crippen LogP contribution in [0.5, 0.6) is 5.75 Å². The van der Waals surface area contributed by atoms with Gasteiger partial charge < -0.3 is 29.5 Å². The number of amides is 2. The van der Waals surface area contributed by atoms with Crippen LogP contribution in [0.15, 0.2) is 70.2 Å². The van der Waals surface area contributed by atoms with Crippen LogP contribution in [0.4, 0.5) is 0 Å². The lowest BCUT2D eigenvalue weighted by Crippen LogP contribution is -2.22. The van der Waals surface area contributed by atoms with Crippen LogP contribution >= 0.6 is 23.3 Å². The molecule has 6 heterocycles. The highest BCUT2D eigenvalue weighted by molar-refractivity contribution is 7.05. The molecule has 0 radical (unpaired) electrons. The molecule has 2 amide bonds. The number of H-pyrrole nitrogens is 4. The lowest BCUT2D eigenvalue weighted by Gasteiger charge is -2.01. The van der Waals surface area contributed by atoms with Crippen molar-refractivity contribution in [1.29, 1.82) is 0 Å². The Bertz CT molecular complexity index is 2360. The molecular formula is C48H88N12O10S2. The molecule has 0 unspecified atom stereocenters. The zero-order valence-corrected chi connectivity index (χ0v) is 44.9. The van der Waals surface area contributed by atoms with Gasteiger partial charge in [-0.3, -0.25) is 37.5 Å². The second kappa shape index (κ2) is 40.2. The number of hydrogen-bond donors (Lipinski definition) is 8. The highest BCUT2D eigenvalue weighted by atomic mass is 32.1. The van der Waals surface area contributed by atoms with Crippen molar-refractivity contribution in [2.75, 3.05) is 14.1 Å². The largest absolute Gasteiger partial charge is 0.502 e. The monoisotopic (exact) mass is 1060 g/mol. The Morgan fingerprint density at radius 1 is 0.708 bits per heavy atom. The van der Waals surface area contributed by atoms with Crippen molar-refractivity contribution >= 4 is 40.9 Å². The molecule has 0 saturated heterocycles. The minimum absolute atomic E-state index is 0.